The minimum atomic E-state index is -4.44. The number of hydrogen-bond donors (Lipinski definition) is 2. The lowest BCUT2D eigenvalue weighted by Gasteiger charge is -2.32. The fourth-order valence-corrected chi connectivity index (χ4v) is 4.44. The number of hydrogen-bond acceptors (Lipinski definition) is 8. The smallest absolute Gasteiger partial charge is 0.422 e. The number of anilines is 1. The second-order valence-electron chi connectivity index (χ2n) is 8.28. The maximum atomic E-state index is 12.5. The molecule has 0 amide bonds. The molecule has 1 aliphatic rings. The summed E-state index contributed by atoms with van der Waals surface area (Å²) in [6, 6.07) is 9.61. The number of aromatic nitrogens is 1. The SMILES string of the molecule is COc1ccc(CN2CCC(Nc3nc4cc(S(N)(=O)=O)ccc4o3)CC2)cc1OCC(F)(F)F. The highest BCUT2D eigenvalue weighted by Crippen LogP contribution is 2.31. The zero-order valence-corrected chi connectivity index (χ0v) is 19.7. The third kappa shape index (κ3) is 6.55. The predicted octanol–water partition coefficient (Wildman–Crippen LogP) is 3.50. The molecule has 0 unspecified atom stereocenters. The summed E-state index contributed by atoms with van der Waals surface area (Å²) in [5.74, 6) is 0.302. The topological polar surface area (TPSA) is 120 Å². The van der Waals surface area contributed by atoms with Crippen molar-refractivity contribution in [2.75, 3.05) is 32.1 Å². The van der Waals surface area contributed by atoms with Crippen LogP contribution in [0.5, 0.6) is 11.5 Å². The molecule has 9 nitrogen and oxygen atoms in total. The van der Waals surface area contributed by atoms with Crippen LogP contribution in [0.1, 0.15) is 18.4 Å². The van der Waals surface area contributed by atoms with Crippen molar-refractivity contribution in [3.63, 3.8) is 0 Å². The number of nitrogens with one attached hydrogen (secondary N) is 1. The lowest BCUT2D eigenvalue weighted by atomic mass is 10.0. The van der Waals surface area contributed by atoms with Crippen molar-refractivity contribution < 1.29 is 35.5 Å². The lowest BCUT2D eigenvalue weighted by Crippen LogP contribution is -2.38. The third-order valence-corrected chi connectivity index (χ3v) is 6.54. The zero-order chi connectivity index (χ0) is 25.2. The van der Waals surface area contributed by atoms with E-state index in [4.69, 9.17) is 19.0 Å². The highest BCUT2D eigenvalue weighted by molar-refractivity contribution is 7.89. The fourth-order valence-electron chi connectivity index (χ4n) is 3.91. The van der Waals surface area contributed by atoms with Gasteiger partial charge in [0, 0.05) is 25.7 Å². The first-order valence-corrected chi connectivity index (χ1v) is 12.3. The van der Waals surface area contributed by atoms with E-state index in [1.807, 2.05) is 0 Å². The summed E-state index contributed by atoms with van der Waals surface area (Å²) in [6.45, 7) is 0.665. The molecule has 35 heavy (non-hydrogen) atoms. The van der Waals surface area contributed by atoms with E-state index in [0.717, 1.165) is 31.5 Å². The maximum absolute atomic E-state index is 12.5. The number of halogens is 3. The van der Waals surface area contributed by atoms with E-state index in [2.05, 4.69) is 15.2 Å². The quantitative estimate of drug-likeness (QED) is 0.469. The van der Waals surface area contributed by atoms with Crippen LogP contribution in [0.3, 0.4) is 0 Å². The molecule has 3 N–H and O–H groups in total. The fraction of sp³-hybridized carbons (Fsp3) is 0.409. The molecule has 0 atom stereocenters. The Labute approximate surface area is 200 Å². The molecule has 3 aromatic rings. The number of primary sulfonamides is 1. The summed E-state index contributed by atoms with van der Waals surface area (Å²) in [5, 5.41) is 8.40. The van der Waals surface area contributed by atoms with Crippen LogP contribution < -0.4 is 19.9 Å². The van der Waals surface area contributed by atoms with Gasteiger partial charge in [-0.05, 0) is 48.7 Å². The molecule has 2 heterocycles. The van der Waals surface area contributed by atoms with Crippen molar-refractivity contribution in [3.05, 3.63) is 42.0 Å². The van der Waals surface area contributed by atoms with Gasteiger partial charge in [0.1, 0.15) is 5.52 Å². The molecule has 1 fully saturated rings. The largest absolute Gasteiger partial charge is 0.493 e. The van der Waals surface area contributed by atoms with Gasteiger partial charge in [-0.25, -0.2) is 13.6 Å². The number of likely N-dealkylation sites (tertiary alicyclic amines) is 1. The van der Waals surface area contributed by atoms with Crippen LogP contribution in [-0.2, 0) is 16.6 Å². The number of nitrogens with zero attached hydrogens (tertiary/aromatic N) is 2. The minimum absolute atomic E-state index is 0.0383. The zero-order valence-electron chi connectivity index (χ0n) is 18.8. The van der Waals surface area contributed by atoms with Crippen molar-refractivity contribution in [2.24, 2.45) is 5.14 Å². The Bertz CT molecular complexity index is 1290. The van der Waals surface area contributed by atoms with E-state index >= 15 is 0 Å². The number of alkyl halides is 3. The third-order valence-electron chi connectivity index (χ3n) is 5.63. The van der Waals surface area contributed by atoms with Gasteiger partial charge < -0.3 is 19.2 Å². The predicted molar refractivity (Wildman–Crippen MR) is 122 cm³/mol. The number of nitrogens with two attached hydrogens (primary N) is 1. The van der Waals surface area contributed by atoms with Crippen molar-refractivity contribution in [1.29, 1.82) is 0 Å². The Hall–Kier alpha value is -3.03. The summed E-state index contributed by atoms with van der Waals surface area (Å²) >= 11 is 0. The molecule has 0 saturated carbocycles. The van der Waals surface area contributed by atoms with Crippen molar-refractivity contribution in [3.8, 4) is 11.5 Å². The first-order chi connectivity index (χ1) is 16.5. The lowest BCUT2D eigenvalue weighted by molar-refractivity contribution is -0.153. The van der Waals surface area contributed by atoms with Crippen LogP contribution in [0.15, 0.2) is 45.7 Å². The van der Waals surface area contributed by atoms with Crippen molar-refractivity contribution >= 4 is 27.1 Å². The molecule has 1 saturated heterocycles. The standard InChI is InChI=1S/C22H25F3N4O5S/c1-32-19-4-2-14(10-20(19)33-13-22(23,24)25)12-29-8-6-15(7-9-29)27-21-28-17-11-16(35(26,30)31)3-5-18(17)34-21/h2-5,10-11,15H,6-9,12-13H2,1H3,(H,27,28)(H2,26,30,31). The molecule has 0 bridgehead atoms. The number of ether oxygens (including phenoxy) is 2. The Morgan fingerprint density at radius 3 is 2.57 bits per heavy atom. The number of rotatable bonds is 8. The number of benzene rings is 2. The van der Waals surface area contributed by atoms with Crippen LogP contribution >= 0.6 is 0 Å². The molecule has 0 aliphatic carbocycles. The van der Waals surface area contributed by atoms with E-state index in [9.17, 15) is 21.6 Å². The number of piperidine rings is 1. The second kappa shape index (κ2) is 9.91. The van der Waals surface area contributed by atoms with Crippen molar-refractivity contribution in [1.82, 2.24) is 9.88 Å². The van der Waals surface area contributed by atoms with Crippen LogP contribution in [-0.4, -0.2) is 57.3 Å². The van der Waals surface area contributed by atoms with Gasteiger partial charge in [0.05, 0.1) is 12.0 Å². The number of oxazole rings is 1. The summed E-state index contributed by atoms with van der Waals surface area (Å²) in [5.41, 5.74) is 1.65. The van der Waals surface area contributed by atoms with Crippen molar-refractivity contribution in [2.45, 2.75) is 36.5 Å². The Kier molecular flexibility index (Phi) is 7.10. The number of sulfonamides is 1. The average molecular weight is 515 g/mol. The summed E-state index contributed by atoms with van der Waals surface area (Å²) < 4.78 is 76.4. The molecular weight excluding hydrogens is 489 g/mol. The van der Waals surface area contributed by atoms with Crippen LogP contribution in [0.4, 0.5) is 19.2 Å². The first kappa shape index (κ1) is 25.1. The maximum Gasteiger partial charge on any atom is 0.422 e. The Balaban J connectivity index is 1.33. The van der Waals surface area contributed by atoms with Gasteiger partial charge in [-0.1, -0.05) is 6.07 Å². The van der Waals surface area contributed by atoms with E-state index in [-0.39, 0.29) is 22.4 Å². The first-order valence-electron chi connectivity index (χ1n) is 10.8. The number of fused-ring (bicyclic) bond motifs is 1. The van der Waals surface area contributed by atoms with E-state index in [0.29, 0.717) is 23.7 Å². The minimum Gasteiger partial charge on any atom is -0.493 e. The van der Waals surface area contributed by atoms with Gasteiger partial charge in [0.2, 0.25) is 10.0 Å². The summed E-state index contributed by atoms with van der Waals surface area (Å²) in [7, 11) is -2.46. The monoisotopic (exact) mass is 514 g/mol. The average Bonchev–Trinajstić information content (AvgIpc) is 3.19. The van der Waals surface area contributed by atoms with E-state index in [1.54, 1.807) is 18.2 Å². The highest BCUT2D eigenvalue weighted by atomic mass is 32.2. The van der Waals surface area contributed by atoms with Gasteiger partial charge in [-0.2, -0.15) is 18.2 Å². The normalized spacial score (nSPS) is 15.9. The van der Waals surface area contributed by atoms with E-state index in [1.165, 1.54) is 25.3 Å². The molecule has 0 radical (unpaired) electrons. The molecular formula is C22H25F3N4O5S. The van der Waals surface area contributed by atoms with Gasteiger partial charge in [0.25, 0.3) is 6.01 Å². The second-order valence-corrected chi connectivity index (χ2v) is 9.84. The summed E-state index contributed by atoms with van der Waals surface area (Å²) in [4.78, 5) is 6.47. The molecule has 0 spiro atoms. The molecule has 1 aliphatic heterocycles. The molecule has 190 valence electrons. The van der Waals surface area contributed by atoms with Gasteiger partial charge >= 0.3 is 6.18 Å². The van der Waals surface area contributed by atoms with Gasteiger partial charge in [-0.15, -0.1) is 0 Å². The Morgan fingerprint density at radius 2 is 1.91 bits per heavy atom. The molecule has 13 heteroatoms. The van der Waals surface area contributed by atoms with Gasteiger partial charge in [0.15, 0.2) is 23.7 Å². The Morgan fingerprint density at radius 1 is 1.17 bits per heavy atom. The van der Waals surface area contributed by atoms with Crippen LogP contribution in [0.2, 0.25) is 0 Å². The highest BCUT2D eigenvalue weighted by Gasteiger charge is 2.29. The molecule has 4 rings (SSSR count). The molecule has 1 aromatic heterocycles. The molecule has 2 aromatic carbocycles. The summed E-state index contributed by atoms with van der Waals surface area (Å²) in [6.07, 6.45) is -2.86. The van der Waals surface area contributed by atoms with Gasteiger partial charge in [-0.3, -0.25) is 4.90 Å². The van der Waals surface area contributed by atoms with Crippen LogP contribution in [0.25, 0.3) is 11.1 Å². The number of methoxy groups -OCH3 is 1. The van der Waals surface area contributed by atoms with E-state index < -0.39 is 22.8 Å². The van der Waals surface area contributed by atoms with Crippen LogP contribution in [0, 0.1) is 0 Å².